The number of likely N-dealkylation sites (tertiary alicyclic amines) is 1. The summed E-state index contributed by atoms with van der Waals surface area (Å²) in [5.41, 5.74) is -0.556. The number of carbonyl (C=O) groups excluding carboxylic acids is 4. The van der Waals surface area contributed by atoms with Gasteiger partial charge in [-0.2, -0.15) is 0 Å². The minimum absolute atomic E-state index is 0.0578. The molecule has 134 valence electrons. The van der Waals surface area contributed by atoms with Crippen LogP contribution in [0.4, 0.5) is 4.79 Å². The van der Waals surface area contributed by atoms with Crippen molar-refractivity contribution in [3.63, 3.8) is 0 Å². The maximum Gasteiger partial charge on any atom is 0.410 e. The number of piperidine rings is 1. The van der Waals surface area contributed by atoms with Crippen molar-refractivity contribution >= 4 is 23.6 Å². The summed E-state index contributed by atoms with van der Waals surface area (Å²) >= 11 is 0. The predicted octanol–water partition coefficient (Wildman–Crippen LogP) is 1.44. The van der Waals surface area contributed by atoms with Crippen molar-refractivity contribution in [3.8, 4) is 0 Å². The van der Waals surface area contributed by atoms with Gasteiger partial charge < -0.3 is 14.4 Å². The summed E-state index contributed by atoms with van der Waals surface area (Å²) in [4.78, 5) is 49.4. The van der Waals surface area contributed by atoms with Crippen molar-refractivity contribution in [2.24, 2.45) is 23.7 Å². The highest BCUT2D eigenvalue weighted by atomic mass is 16.6. The van der Waals surface area contributed by atoms with Crippen LogP contribution >= 0.6 is 0 Å². The number of fused-ring (bicyclic) bond motifs is 1. The molecule has 1 heterocycles. The summed E-state index contributed by atoms with van der Waals surface area (Å²) in [6.45, 7) is 9.47. The lowest BCUT2D eigenvalue weighted by atomic mass is 9.95. The number of Topliss-reactive ketones (excluding diaryl/α,β-unsaturated/α-hetero) is 2. The number of nitrogens with zero attached hydrogens (tertiary/aromatic N) is 1. The Morgan fingerprint density at radius 1 is 1.12 bits per heavy atom. The standard InChI is InChI=1S/C17H25NO6/c1-6-23-15(21)14(20)9(2)13(19)12-10-7-18(8-11(10)12)16(22)24-17(3,4)5/h9-12H,6-8H2,1-5H3/t9?,10-,11+,12?. The Morgan fingerprint density at radius 3 is 2.12 bits per heavy atom. The highest BCUT2D eigenvalue weighted by molar-refractivity contribution is 6.38. The van der Waals surface area contributed by atoms with Crippen LogP contribution < -0.4 is 0 Å². The molecule has 24 heavy (non-hydrogen) atoms. The Morgan fingerprint density at radius 2 is 1.67 bits per heavy atom. The third-order valence-corrected chi connectivity index (χ3v) is 4.47. The van der Waals surface area contributed by atoms with Crippen molar-refractivity contribution in [1.29, 1.82) is 0 Å². The third kappa shape index (κ3) is 3.76. The Kier molecular flexibility index (Phi) is 5.01. The van der Waals surface area contributed by atoms with Gasteiger partial charge in [-0.15, -0.1) is 0 Å². The molecule has 4 atom stereocenters. The molecule has 1 saturated carbocycles. The van der Waals surface area contributed by atoms with Crippen LogP contribution in [-0.2, 0) is 23.9 Å². The lowest BCUT2D eigenvalue weighted by Crippen LogP contribution is -2.38. The molecular formula is C17H25NO6. The summed E-state index contributed by atoms with van der Waals surface area (Å²) in [6, 6.07) is 0. The first-order chi connectivity index (χ1) is 11.1. The van der Waals surface area contributed by atoms with Gasteiger partial charge in [0.05, 0.1) is 12.5 Å². The number of carbonyl (C=O) groups is 4. The number of hydrogen-bond acceptors (Lipinski definition) is 6. The minimum Gasteiger partial charge on any atom is -0.460 e. The van der Waals surface area contributed by atoms with Crippen molar-refractivity contribution in [1.82, 2.24) is 4.90 Å². The van der Waals surface area contributed by atoms with Gasteiger partial charge in [0.1, 0.15) is 11.4 Å². The predicted molar refractivity (Wildman–Crippen MR) is 84.1 cm³/mol. The van der Waals surface area contributed by atoms with E-state index in [2.05, 4.69) is 4.74 Å². The first kappa shape index (κ1) is 18.4. The zero-order valence-corrected chi connectivity index (χ0v) is 14.8. The number of hydrogen-bond donors (Lipinski definition) is 0. The minimum atomic E-state index is -0.991. The number of rotatable bonds is 5. The third-order valence-electron chi connectivity index (χ3n) is 4.47. The molecule has 2 rings (SSSR count). The number of ether oxygens (including phenoxy) is 2. The fraction of sp³-hybridized carbons (Fsp3) is 0.765. The number of amides is 1. The molecule has 1 aliphatic carbocycles. The van der Waals surface area contributed by atoms with Gasteiger partial charge in [0.25, 0.3) is 0 Å². The van der Waals surface area contributed by atoms with Gasteiger partial charge in [-0.05, 0) is 46.5 Å². The van der Waals surface area contributed by atoms with Gasteiger partial charge in [-0.3, -0.25) is 9.59 Å². The number of ketones is 2. The average Bonchev–Trinajstić information content (AvgIpc) is 2.96. The largest absolute Gasteiger partial charge is 0.460 e. The van der Waals surface area contributed by atoms with Crippen LogP contribution in [0.2, 0.25) is 0 Å². The smallest absolute Gasteiger partial charge is 0.410 e. The molecule has 0 bridgehead atoms. The van der Waals surface area contributed by atoms with Gasteiger partial charge in [-0.1, -0.05) is 0 Å². The van der Waals surface area contributed by atoms with Crippen LogP contribution in [0, 0.1) is 23.7 Å². The maximum absolute atomic E-state index is 12.4. The van der Waals surface area contributed by atoms with Crippen LogP contribution in [0.25, 0.3) is 0 Å². The van der Waals surface area contributed by atoms with Gasteiger partial charge in [0.2, 0.25) is 5.78 Å². The Balaban J connectivity index is 1.87. The molecule has 2 fully saturated rings. The van der Waals surface area contributed by atoms with Crippen LogP contribution in [0.3, 0.4) is 0 Å². The Bertz CT molecular complexity index is 552. The molecule has 0 spiro atoms. The van der Waals surface area contributed by atoms with Gasteiger partial charge in [0, 0.05) is 19.0 Å². The fourth-order valence-corrected chi connectivity index (χ4v) is 3.22. The van der Waals surface area contributed by atoms with E-state index in [1.807, 2.05) is 0 Å². The van der Waals surface area contributed by atoms with E-state index in [1.54, 1.807) is 32.6 Å². The molecule has 7 nitrogen and oxygen atoms in total. The second-order valence-corrected chi connectivity index (χ2v) is 7.45. The molecule has 0 aromatic carbocycles. The van der Waals surface area contributed by atoms with Crippen molar-refractivity contribution in [2.45, 2.75) is 40.2 Å². The fourth-order valence-electron chi connectivity index (χ4n) is 3.22. The molecule has 0 radical (unpaired) electrons. The van der Waals surface area contributed by atoms with E-state index in [4.69, 9.17) is 4.74 Å². The summed E-state index contributed by atoms with van der Waals surface area (Å²) in [7, 11) is 0. The van der Waals surface area contributed by atoms with Crippen molar-refractivity contribution in [3.05, 3.63) is 0 Å². The summed E-state index contributed by atoms with van der Waals surface area (Å²) in [6.07, 6.45) is -0.378. The van der Waals surface area contributed by atoms with Crippen LogP contribution in [0.15, 0.2) is 0 Å². The molecule has 2 unspecified atom stereocenters. The lowest BCUT2D eigenvalue weighted by molar-refractivity contribution is -0.156. The van der Waals surface area contributed by atoms with Crippen molar-refractivity contribution in [2.75, 3.05) is 19.7 Å². The highest BCUT2D eigenvalue weighted by Crippen LogP contribution is 2.53. The molecule has 7 heteroatoms. The molecule has 0 aromatic heterocycles. The van der Waals surface area contributed by atoms with Crippen LogP contribution in [0.1, 0.15) is 34.6 Å². The quantitative estimate of drug-likeness (QED) is 0.428. The highest BCUT2D eigenvalue weighted by Gasteiger charge is 2.61. The van der Waals surface area contributed by atoms with E-state index >= 15 is 0 Å². The maximum atomic E-state index is 12.4. The average molecular weight is 339 g/mol. The molecule has 0 N–H and O–H groups in total. The molecule has 2 aliphatic rings. The molecule has 0 aromatic rings. The molecule has 1 saturated heterocycles. The zero-order chi connectivity index (χ0) is 18.2. The monoisotopic (exact) mass is 339 g/mol. The first-order valence-electron chi connectivity index (χ1n) is 8.29. The van der Waals surface area contributed by atoms with E-state index in [1.165, 1.54) is 6.92 Å². The summed E-state index contributed by atoms with van der Waals surface area (Å²) in [5, 5.41) is 0. The van der Waals surface area contributed by atoms with E-state index in [0.717, 1.165) is 0 Å². The second kappa shape index (κ2) is 6.53. The molecular weight excluding hydrogens is 314 g/mol. The molecule has 1 amide bonds. The molecule has 1 aliphatic heterocycles. The van der Waals surface area contributed by atoms with E-state index in [9.17, 15) is 19.2 Å². The Hall–Kier alpha value is -1.92. The second-order valence-electron chi connectivity index (χ2n) is 7.45. The van der Waals surface area contributed by atoms with E-state index < -0.39 is 23.3 Å². The zero-order valence-electron chi connectivity index (χ0n) is 14.8. The summed E-state index contributed by atoms with van der Waals surface area (Å²) in [5.74, 6) is -3.11. The first-order valence-corrected chi connectivity index (χ1v) is 8.29. The van der Waals surface area contributed by atoms with Gasteiger partial charge in [0.15, 0.2) is 0 Å². The Labute approximate surface area is 141 Å². The summed E-state index contributed by atoms with van der Waals surface area (Å²) < 4.78 is 9.97. The van der Waals surface area contributed by atoms with E-state index in [0.29, 0.717) is 13.1 Å². The van der Waals surface area contributed by atoms with Crippen LogP contribution in [-0.4, -0.2) is 53.8 Å². The number of esters is 1. The lowest BCUT2D eigenvalue weighted by Gasteiger charge is -2.26. The van der Waals surface area contributed by atoms with Crippen LogP contribution in [0.5, 0.6) is 0 Å². The van der Waals surface area contributed by atoms with Crippen molar-refractivity contribution < 1.29 is 28.7 Å². The van der Waals surface area contributed by atoms with E-state index in [-0.39, 0.29) is 36.2 Å². The van der Waals surface area contributed by atoms with Gasteiger partial charge >= 0.3 is 12.1 Å². The normalized spacial score (nSPS) is 26.4. The SMILES string of the molecule is CCOC(=O)C(=O)C(C)C(=O)C1[C@H]2CN(C(=O)OC(C)(C)C)C[C@@H]12. The van der Waals surface area contributed by atoms with Gasteiger partial charge in [-0.25, -0.2) is 9.59 Å². The topological polar surface area (TPSA) is 90.0 Å².